The Morgan fingerprint density at radius 2 is 1.78 bits per heavy atom. The van der Waals surface area contributed by atoms with Gasteiger partial charge in [0.05, 0.1) is 5.52 Å². The van der Waals surface area contributed by atoms with Crippen LogP contribution < -0.4 is 20.7 Å². The van der Waals surface area contributed by atoms with Gasteiger partial charge in [-0.15, -0.1) is 5.10 Å². The number of nitrogens with zero attached hydrogens (tertiary/aromatic N) is 7. The molecule has 10 nitrogen and oxygen atoms in total. The number of likely N-dealkylation sites (tertiary alicyclic amines) is 1. The Bertz CT molecular complexity index is 1420. The number of hydrogen-bond acceptors (Lipinski definition) is 9. The van der Waals surface area contributed by atoms with E-state index in [2.05, 4.69) is 36.3 Å². The molecule has 0 aliphatic carbocycles. The first-order valence-electron chi connectivity index (χ1n) is 12.7. The minimum Gasteiger partial charge on any atom is -0.457 e. The molecule has 0 saturated carbocycles. The van der Waals surface area contributed by atoms with Gasteiger partial charge in [-0.3, -0.25) is 4.98 Å². The predicted molar refractivity (Wildman–Crippen MR) is 142 cm³/mol. The molecule has 0 spiro atoms. The van der Waals surface area contributed by atoms with Crippen LogP contribution in [0.3, 0.4) is 0 Å². The summed E-state index contributed by atoms with van der Waals surface area (Å²) in [5.74, 6) is 2.92. The van der Waals surface area contributed by atoms with Gasteiger partial charge in [-0.2, -0.15) is 14.8 Å². The molecular weight excluding hydrogens is 466 g/mol. The highest BCUT2D eigenvalue weighted by molar-refractivity contribution is 5.77. The average molecular weight is 496 g/mol. The van der Waals surface area contributed by atoms with Crippen molar-refractivity contribution >= 4 is 28.8 Å². The van der Waals surface area contributed by atoms with Crippen molar-refractivity contribution in [1.82, 2.24) is 24.5 Å². The molecule has 3 N–H and O–H groups in total. The van der Waals surface area contributed by atoms with Gasteiger partial charge in [0.1, 0.15) is 28.9 Å². The molecule has 37 heavy (non-hydrogen) atoms. The highest BCUT2D eigenvalue weighted by atomic mass is 16.5. The van der Waals surface area contributed by atoms with Crippen LogP contribution in [0.5, 0.6) is 11.5 Å². The Morgan fingerprint density at radius 1 is 1.03 bits per heavy atom. The number of ether oxygens (including phenoxy) is 1. The first-order valence-corrected chi connectivity index (χ1v) is 12.7. The maximum Gasteiger partial charge on any atom is 0.223 e. The van der Waals surface area contributed by atoms with Crippen molar-refractivity contribution in [2.24, 2.45) is 0 Å². The van der Waals surface area contributed by atoms with Gasteiger partial charge in [0.15, 0.2) is 5.82 Å². The largest absolute Gasteiger partial charge is 0.457 e. The fraction of sp³-hybridized carbons (Fsp3) is 0.333. The normalized spacial score (nSPS) is 17.8. The van der Waals surface area contributed by atoms with Crippen LogP contribution in [0.1, 0.15) is 31.2 Å². The second kappa shape index (κ2) is 9.95. The summed E-state index contributed by atoms with van der Waals surface area (Å²) in [5.41, 5.74) is 8.21. The summed E-state index contributed by atoms with van der Waals surface area (Å²) >= 11 is 0. The van der Waals surface area contributed by atoms with E-state index >= 15 is 0 Å². The lowest BCUT2D eigenvalue weighted by Gasteiger charge is -2.29. The average Bonchev–Trinajstić information content (AvgIpc) is 3.67. The van der Waals surface area contributed by atoms with Crippen LogP contribution in [-0.4, -0.2) is 56.7 Å². The van der Waals surface area contributed by atoms with Crippen LogP contribution in [0.25, 0.3) is 5.52 Å². The number of nitrogens with two attached hydrogens (primary N) is 1. The van der Waals surface area contributed by atoms with Gasteiger partial charge in [-0.05, 0) is 75.2 Å². The van der Waals surface area contributed by atoms with Crippen molar-refractivity contribution < 1.29 is 4.74 Å². The molecule has 3 aromatic heterocycles. The highest BCUT2D eigenvalue weighted by Gasteiger charge is 2.29. The molecule has 0 bridgehead atoms. The summed E-state index contributed by atoms with van der Waals surface area (Å²) in [6.45, 7) is 4.33. The number of nitrogen functional groups attached to an aromatic ring is 1. The zero-order chi connectivity index (χ0) is 25.2. The summed E-state index contributed by atoms with van der Waals surface area (Å²) < 4.78 is 7.37. The highest BCUT2D eigenvalue weighted by Crippen LogP contribution is 2.31. The molecule has 2 aliphatic heterocycles. The Balaban J connectivity index is 1.24. The van der Waals surface area contributed by atoms with Crippen molar-refractivity contribution in [2.45, 2.75) is 31.7 Å². The Labute approximate surface area is 215 Å². The molecule has 6 rings (SSSR count). The fourth-order valence-electron chi connectivity index (χ4n) is 5.28. The fourth-order valence-corrected chi connectivity index (χ4v) is 5.28. The quantitative estimate of drug-likeness (QED) is 0.389. The molecule has 1 aromatic carbocycles. The monoisotopic (exact) mass is 495 g/mol. The Kier molecular flexibility index (Phi) is 6.20. The van der Waals surface area contributed by atoms with E-state index in [4.69, 9.17) is 10.5 Å². The SMILES string of the molecule is N#Cc1c(Nc2ccc(Oc3ccncc3)cc2)nn2c(N)nc(N3CCC[C@H]3CN3CCCC3)cc12. The molecule has 0 unspecified atom stereocenters. The van der Waals surface area contributed by atoms with Gasteiger partial charge in [-0.25, -0.2) is 0 Å². The third kappa shape index (κ3) is 4.73. The number of anilines is 4. The van der Waals surface area contributed by atoms with Crippen molar-refractivity contribution in [2.75, 3.05) is 42.1 Å². The van der Waals surface area contributed by atoms with Gasteiger partial charge in [-0.1, -0.05) is 0 Å². The first kappa shape index (κ1) is 23.1. The molecular formula is C27H29N9O. The van der Waals surface area contributed by atoms with Crippen molar-refractivity contribution in [3.63, 3.8) is 0 Å². The second-order valence-corrected chi connectivity index (χ2v) is 9.54. The maximum absolute atomic E-state index is 10.0. The van der Waals surface area contributed by atoms with Crippen LogP contribution >= 0.6 is 0 Å². The number of fused-ring (bicyclic) bond motifs is 1. The van der Waals surface area contributed by atoms with Gasteiger partial charge >= 0.3 is 0 Å². The topological polar surface area (TPSA) is 121 Å². The minimum absolute atomic E-state index is 0.268. The first-order chi connectivity index (χ1) is 18.2. The van der Waals surface area contributed by atoms with Crippen molar-refractivity contribution in [1.29, 1.82) is 5.26 Å². The van der Waals surface area contributed by atoms with Gasteiger partial charge in [0.2, 0.25) is 5.95 Å². The van der Waals surface area contributed by atoms with E-state index in [9.17, 15) is 5.26 Å². The van der Waals surface area contributed by atoms with E-state index in [-0.39, 0.29) is 5.95 Å². The number of rotatable bonds is 7. The zero-order valence-electron chi connectivity index (χ0n) is 20.5. The van der Waals surface area contributed by atoms with Crippen LogP contribution in [0.15, 0.2) is 54.9 Å². The van der Waals surface area contributed by atoms with Crippen LogP contribution in [-0.2, 0) is 0 Å². The standard InChI is InChI=1S/C27H29N9O/c28-17-23-24-16-25(35-15-3-4-20(35)18-34-13-1-2-14-34)32-27(29)36(24)33-26(23)31-19-5-7-21(8-6-19)37-22-9-11-30-12-10-22/h5-12,16,20H,1-4,13-15,18H2,(H2,29,32)(H,31,33)/t20-/m0/s1. The van der Waals surface area contributed by atoms with E-state index in [0.717, 1.165) is 37.4 Å². The molecule has 10 heteroatoms. The van der Waals surface area contributed by atoms with Crippen LogP contribution in [0.2, 0.25) is 0 Å². The summed E-state index contributed by atoms with van der Waals surface area (Å²) in [5, 5.41) is 17.9. The number of benzene rings is 1. The van der Waals surface area contributed by atoms with Crippen molar-refractivity contribution in [3.05, 3.63) is 60.4 Å². The van der Waals surface area contributed by atoms with E-state index in [1.165, 1.54) is 30.4 Å². The second-order valence-electron chi connectivity index (χ2n) is 9.54. The van der Waals surface area contributed by atoms with E-state index < -0.39 is 0 Å². The number of pyridine rings is 1. The number of hydrogen-bond donors (Lipinski definition) is 2. The lowest BCUT2D eigenvalue weighted by atomic mass is 10.2. The van der Waals surface area contributed by atoms with Crippen molar-refractivity contribution in [3.8, 4) is 17.6 Å². The zero-order valence-corrected chi connectivity index (χ0v) is 20.5. The molecule has 2 aliphatic rings. The lowest BCUT2D eigenvalue weighted by molar-refractivity contribution is 0.313. The van der Waals surface area contributed by atoms with Gasteiger partial charge in [0, 0.05) is 43.3 Å². The van der Waals surface area contributed by atoms with Gasteiger partial charge in [0.25, 0.3) is 0 Å². The molecule has 2 saturated heterocycles. The molecule has 1 atom stereocenters. The summed E-state index contributed by atoms with van der Waals surface area (Å²) in [4.78, 5) is 13.6. The summed E-state index contributed by atoms with van der Waals surface area (Å²) in [6.07, 6.45) is 8.19. The predicted octanol–water partition coefficient (Wildman–Crippen LogP) is 4.18. The number of aromatic nitrogens is 4. The number of nitrogens with one attached hydrogen (secondary N) is 1. The third-order valence-corrected chi connectivity index (χ3v) is 7.09. The molecule has 0 amide bonds. The molecule has 2 fully saturated rings. The summed E-state index contributed by atoms with van der Waals surface area (Å²) in [6, 6.07) is 15.7. The molecule has 5 heterocycles. The summed E-state index contributed by atoms with van der Waals surface area (Å²) in [7, 11) is 0. The van der Waals surface area contributed by atoms with Crippen LogP contribution in [0, 0.1) is 11.3 Å². The number of nitriles is 1. The van der Waals surface area contributed by atoms with E-state index in [0.29, 0.717) is 34.4 Å². The Hall–Kier alpha value is -4.36. The molecule has 188 valence electrons. The molecule has 0 radical (unpaired) electrons. The lowest BCUT2D eigenvalue weighted by Crippen LogP contribution is -2.39. The smallest absolute Gasteiger partial charge is 0.223 e. The van der Waals surface area contributed by atoms with Crippen LogP contribution in [0.4, 0.5) is 23.3 Å². The third-order valence-electron chi connectivity index (χ3n) is 7.09. The van der Waals surface area contributed by atoms with Gasteiger partial charge < -0.3 is 25.6 Å². The maximum atomic E-state index is 10.0. The minimum atomic E-state index is 0.268. The Morgan fingerprint density at radius 3 is 2.54 bits per heavy atom. The van der Waals surface area contributed by atoms with E-state index in [1.54, 1.807) is 24.5 Å². The molecule has 4 aromatic rings. The van der Waals surface area contributed by atoms with E-state index in [1.807, 2.05) is 30.3 Å².